The smallest absolute Gasteiger partial charge is 0.284 e. The fourth-order valence-corrected chi connectivity index (χ4v) is 9.88. The second-order valence-electron chi connectivity index (χ2n) is 14.8. The monoisotopic (exact) mass is 734 g/mol. The van der Waals surface area contributed by atoms with Gasteiger partial charge in [-0.2, -0.15) is 21.0 Å². The Morgan fingerprint density at radius 3 is 1.28 bits per heavy atom. The van der Waals surface area contributed by atoms with Gasteiger partial charge in [0.05, 0.1) is 11.4 Å². The van der Waals surface area contributed by atoms with Crippen molar-refractivity contribution in [2.45, 2.75) is 71.6 Å². The molecule has 10 nitrogen and oxygen atoms in total. The van der Waals surface area contributed by atoms with Crippen LogP contribution in [-0.4, -0.2) is 44.8 Å². The highest BCUT2D eigenvalue weighted by Crippen LogP contribution is 2.56. The minimum atomic E-state index is -0.537. The van der Waals surface area contributed by atoms with Crippen LogP contribution in [0.2, 0.25) is 0 Å². The third-order valence-electron chi connectivity index (χ3n) is 10.9. The van der Waals surface area contributed by atoms with E-state index in [1.807, 2.05) is 36.4 Å². The Morgan fingerprint density at radius 1 is 0.604 bits per heavy atom. The first-order chi connectivity index (χ1) is 25.1. The fraction of sp³-hybridized carbons (Fsp3) is 0.317. The van der Waals surface area contributed by atoms with Gasteiger partial charge in [-0.25, -0.2) is 9.98 Å². The van der Waals surface area contributed by atoms with Crippen LogP contribution in [0.25, 0.3) is 23.3 Å². The number of benzene rings is 2. The summed E-state index contributed by atoms with van der Waals surface area (Å²) in [5.41, 5.74) is 8.76. The van der Waals surface area contributed by atoms with Gasteiger partial charge >= 0.3 is 0 Å². The second-order valence-corrected chi connectivity index (χ2v) is 16.8. The Hall–Kier alpha value is -5.66. The van der Waals surface area contributed by atoms with Crippen molar-refractivity contribution < 1.29 is 9.59 Å². The van der Waals surface area contributed by atoms with E-state index in [4.69, 9.17) is 9.98 Å². The summed E-state index contributed by atoms with van der Waals surface area (Å²) in [5, 5.41) is 39.1. The lowest BCUT2D eigenvalue weighted by Crippen LogP contribution is -2.27. The number of nitriles is 4. The molecule has 2 aromatic rings. The molecule has 0 N–H and O–H groups in total. The predicted octanol–water partition coefficient (Wildman–Crippen LogP) is 7.76. The first kappa shape index (κ1) is 35.7. The molecule has 0 saturated carbocycles. The molecule has 2 heterocycles. The summed E-state index contributed by atoms with van der Waals surface area (Å²) >= 11 is 2.14. The molecule has 2 amide bonds. The molecule has 2 aromatic carbocycles. The molecular weight excluding hydrogens is 701 g/mol. The molecule has 12 heteroatoms. The summed E-state index contributed by atoms with van der Waals surface area (Å²) in [5.74, 6) is -0.639. The average molecular weight is 735 g/mol. The molecule has 0 aromatic heterocycles. The molecule has 262 valence electrons. The average Bonchev–Trinajstić information content (AvgIpc) is 3.82. The summed E-state index contributed by atoms with van der Waals surface area (Å²) in [6.07, 6.45) is 4.08. The quantitative estimate of drug-likeness (QED) is 0.288. The highest BCUT2D eigenvalue weighted by molar-refractivity contribution is 8.20. The van der Waals surface area contributed by atoms with Crippen molar-refractivity contribution in [1.29, 1.82) is 21.0 Å². The summed E-state index contributed by atoms with van der Waals surface area (Å²) < 4.78 is 0. The van der Waals surface area contributed by atoms with Crippen LogP contribution in [0.1, 0.15) is 88.8 Å². The predicted molar refractivity (Wildman–Crippen MR) is 207 cm³/mol. The first-order valence-electron chi connectivity index (χ1n) is 17.2. The van der Waals surface area contributed by atoms with E-state index in [0.717, 1.165) is 68.3 Å². The van der Waals surface area contributed by atoms with Crippen molar-refractivity contribution in [3.63, 3.8) is 0 Å². The third-order valence-corrected chi connectivity index (χ3v) is 13.1. The molecule has 2 fully saturated rings. The Kier molecular flexibility index (Phi) is 8.23. The Morgan fingerprint density at radius 2 is 0.962 bits per heavy atom. The molecule has 0 radical (unpaired) electrons. The highest BCUT2D eigenvalue weighted by Gasteiger charge is 2.45. The second kappa shape index (κ2) is 12.2. The lowest BCUT2D eigenvalue weighted by Gasteiger charge is -2.25. The normalized spacial score (nSPS) is 21.1. The number of fused-ring (bicyclic) bond motifs is 5. The van der Waals surface area contributed by atoms with Crippen LogP contribution in [-0.2, 0) is 25.8 Å². The zero-order valence-electron chi connectivity index (χ0n) is 30.6. The van der Waals surface area contributed by atoms with E-state index >= 15 is 0 Å². The number of amides is 2. The summed E-state index contributed by atoms with van der Waals surface area (Å²) in [6.45, 7) is 17.1. The number of hydrogen-bond donors (Lipinski definition) is 0. The minimum absolute atomic E-state index is 0.106. The first-order valence-corrected chi connectivity index (χ1v) is 18.8. The maximum absolute atomic E-state index is 13.4. The summed E-state index contributed by atoms with van der Waals surface area (Å²) in [7, 11) is 0. The van der Waals surface area contributed by atoms with Crippen LogP contribution in [0, 0.1) is 45.3 Å². The van der Waals surface area contributed by atoms with Crippen molar-refractivity contribution in [1.82, 2.24) is 9.80 Å². The number of rotatable bonds is 4. The van der Waals surface area contributed by atoms with Gasteiger partial charge in [0, 0.05) is 29.3 Å². The van der Waals surface area contributed by atoms with E-state index in [-0.39, 0.29) is 38.5 Å². The maximum atomic E-state index is 13.4. The molecule has 3 aliphatic carbocycles. The topological polar surface area (TPSA) is 160 Å². The largest absolute Gasteiger partial charge is 0.299 e. The van der Waals surface area contributed by atoms with Gasteiger partial charge in [-0.05, 0) is 118 Å². The van der Waals surface area contributed by atoms with E-state index in [1.54, 1.807) is 13.8 Å². The van der Waals surface area contributed by atoms with Crippen LogP contribution >= 0.6 is 23.5 Å². The maximum Gasteiger partial charge on any atom is 0.284 e. The zero-order valence-corrected chi connectivity index (χ0v) is 32.2. The van der Waals surface area contributed by atoms with Crippen LogP contribution in [0.5, 0.6) is 0 Å². The van der Waals surface area contributed by atoms with Crippen molar-refractivity contribution in [2.24, 2.45) is 9.98 Å². The Balaban J connectivity index is 1.26. The van der Waals surface area contributed by atoms with Gasteiger partial charge in [0.1, 0.15) is 34.3 Å². The molecule has 0 spiro atoms. The summed E-state index contributed by atoms with van der Waals surface area (Å²) in [6, 6.07) is 16.6. The number of carbonyl (C=O) groups excluding carboxylic acids is 2. The van der Waals surface area contributed by atoms with Gasteiger partial charge in [0.25, 0.3) is 11.8 Å². The number of carbonyl (C=O) groups is 2. The summed E-state index contributed by atoms with van der Waals surface area (Å²) in [4.78, 5) is 39.3. The molecule has 5 aliphatic rings. The van der Waals surface area contributed by atoms with E-state index in [9.17, 15) is 30.6 Å². The molecule has 0 bridgehead atoms. The van der Waals surface area contributed by atoms with Crippen molar-refractivity contribution >= 4 is 57.6 Å². The van der Waals surface area contributed by atoms with Gasteiger partial charge in [-0.15, -0.1) is 0 Å². The van der Waals surface area contributed by atoms with Crippen molar-refractivity contribution in [2.75, 3.05) is 13.1 Å². The van der Waals surface area contributed by atoms with Crippen molar-refractivity contribution in [3.8, 4) is 35.4 Å². The molecule has 7 rings (SSSR count). The van der Waals surface area contributed by atoms with Crippen LogP contribution in [0.3, 0.4) is 0 Å². The fourth-order valence-electron chi connectivity index (χ4n) is 7.80. The van der Waals surface area contributed by atoms with Crippen LogP contribution < -0.4 is 0 Å². The molecular formula is C41H34N8O2S2. The lowest BCUT2D eigenvalue weighted by molar-refractivity contribution is -0.121. The Bertz CT molecular complexity index is 2300. The van der Waals surface area contributed by atoms with Gasteiger partial charge in [0.2, 0.25) is 0 Å². The standard InChI is InChI=1S/C41H34N8O2S2/c1-9-48-35(50)33(52-37(48)23(17-42)18-43)46-31-13-21-11-29-25(15-27(21)40(31,5)6)26-16-28-22(12-30(26)39(29,3)4)14-32(41(28,7)8)47-34-36(51)49(10-2)38(53-34)24(19-44)20-45/h11-16H,9-10H2,1-8H3. The number of thioether (sulfide) groups is 2. The van der Waals surface area contributed by atoms with Crippen LogP contribution in [0.15, 0.2) is 66.8 Å². The van der Waals surface area contributed by atoms with Crippen LogP contribution in [0.4, 0.5) is 0 Å². The Labute approximate surface area is 317 Å². The van der Waals surface area contributed by atoms with E-state index in [2.05, 4.69) is 65.8 Å². The molecule has 2 saturated heterocycles. The number of nitrogens with zero attached hydrogens (tertiary/aromatic N) is 8. The minimum Gasteiger partial charge on any atom is -0.299 e. The van der Waals surface area contributed by atoms with Gasteiger partial charge in [-0.3, -0.25) is 19.4 Å². The van der Waals surface area contributed by atoms with E-state index in [1.165, 1.54) is 20.9 Å². The zero-order chi connectivity index (χ0) is 38.4. The molecule has 2 aliphatic heterocycles. The van der Waals surface area contributed by atoms with Crippen molar-refractivity contribution in [3.05, 3.63) is 90.2 Å². The third kappa shape index (κ3) is 5.05. The van der Waals surface area contributed by atoms with Gasteiger partial charge in [0.15, 0.2) is 21.2 Å². The highest BCUT2D eigenvalue weighted by atomic mass is 32.2. The molecule has 0 atom stereocenters. The molecule has 0 unspecified atom stereocenters. The van der Waals surface area contributed by atoms with E-state index < -0.39 is 10.8 Å². The van der Waals surface area contributed by atoms with Gasteiger partial charge < -0.3 is 0 Å². The lowest BCUT2D eigenvalue weighted by atomic mass is 9.79. The molecule has 53 heavy (non-hydrogen) atoms. The SMILES string of the molecule is CCN1C(=O)C(=NC2=Cc3cc4c(cc3C2(C)C)-c2cc3c(cc2C4(C)C)C=C(N=C2SC(=C(C#N)C#N)N(CC)C2=O)C3(C)C)SC1=C(C#N)C#N. The van der Waals surface area contributed by atoms with E-state index in [0.29, 0.717) is 23.1 Å². The number of aliphatic imine (C=N–C) groups is 2. The number of allylic oxidation sites excluding steroid dienone is 4. The van der Waals surface area contributed by atoms with Gasteiger partial charge in [-0.1, -0.05) is 41.5 Å². The number of hydrogen-bond acceptors (Lipinski definition) is 10.